The summed E-state index contributed by atoms with van der Waals surface area (Å²) in [5.74, 6) is 0.241. The van der Waals surface area contributed by atoms with Crippen LogP contribution in [0.25, 0.3) is 5.69 Å². The number of rotatable bonds is 6. The van der Waals surface area contributed by atoms with Crippen LogP contribution in [0.3, 0.4) is 0 Å². The molecule has 0 unspecified atom stereocenters. The molecule has 27 heavy (non-hydrogen) atoms. The van der Waals surface area contributed by atoms with Gasteiger partial charge >= 0.3 is 5.97 Å². The van der Waals surface area contributed by atoms with E-state index < -0.39 is 18.2 Å². The summed E-state index contributed by atoms with van der Waals surface area (Å²) in [5, 5.41) is 23.7. The molecule has 10 heteroatoms. The number of nitrogens with one attached hydrogen (secondary N) is 1. The van der Waals surface area contributed by atoms with Gasteiger partial charge in [0.25, 0.3) is 5.91 Å². The van der Waals surface area contributed by atoms with E-state index in [4.69, 9.17) is 14.6 Å². The summed E-state index contributed by atoms with van der Waals surface area (Å²) in [4.78, 5) is 23.4. The van der Waals surface area contributed by atoms with Crippen molar-refractivity contribution in [3.05, 3.63) is 24.0 Å². The van der Waals surface area contributed by atoms with Crippen LogP contribution in [0, 0.1) is 0 Å². The Morgan fingerprint density at radius 3 is 2.70 bits per heavy atom. The predicted octanol–water partition coefficient (Wildman–Crippen LogP) is 1.12. The fourth-order valence-electron chi connectivity index (χ4n) is 3.13. The highest BCUT2D eigenvalue weighted by molar-refractivity contribution is 5.95. The topological polar surface area (TPSA) is 128 Å². The highest BCUT2D eigenvalue weighted by atomic mass is 16.5. The van der Waals surface area contributed by atoms with E-state index in [9.17, 15) is 9.59 Å². The van der Waals surface area contributed by atoms with Crippen molar-refractivity contribution >= 4 is 17.6 Å². The summed E-state index contributed by atoms with van der Waals surface area (Å²) in [5.41, 5.74) is 1.15. The molecule has 1 aromatic heterocycles. The molecule has 1 aromatic carbocycles. The van der Waals surface area contributed by atoms with Gasteiger partial charge in [-0.05, 0) is 54.3 Å². The summed E-state index contributed by atoms with van der Waals surface area (Å²) in [6.07, 6.45) is 1.05. The Morgan fingerprint density at radius 2 is 2.04 bits per heavy atom. The molecule has 2 atom stereocenters. The monoisotopic (exact) mass is 373 g/mol. The van der Waals surface area contributed by atoms with Crippen LogP contribution < -0.4 is 10.1 Å². The van der Waals surface area contributed by atoms with Crippen molar-refractivity contribution in [3.8, 4) is 11.4 Å². The molecule has 0 spiro atoms. The number of carboxylic acid groups (broad SMARTS) is 1. The number of carbonyl (C=O) groups excluding carboxylic acids is 1. The van der Waals surface area contributed by atoms with Crippen LogP contribution in [0.15, 0.2) is 18.2 Å². The van der Waals surface area contributed by atoms with Crippen molar-refractivity contribution in [3.63, 3.8) is 0 Å². The van der Waals surface area contributed by atoms with Gasteiger partial charge in [-0.25, -0.2) is 4.79 Å². The number of aromatic nitrogens is 4. The molecule has 2 fully saturated rings. The first kappa shape index (κ1) is 17.4. The number of aliphatic carboxylic acids is 1. The van der Waals surface area contributed by atoms with Gasteiger partial charge in [0.2, 0.25) is 0 Å². The molecule has 2 heterocycles. The number of benzene rings is 1. The SMILES string of the molecule is COc1ccc(NC(=O)[C@@H]2CC[C@H](C(=O)O)O2)cc1-n1nnnc1C1CC1. The van der Waals surface area contributed by atoms with Crippen molar-refractivity contribution in [1.29, 1.82) is 0 Å². The maximum absolute atomic E-state index is 12.4. The zero-order chi connectivity index (χ0) is 19.0. The number of ether oxygens (including phenoxy) is 2. The predicted molar refractivity (Wildman–Crippen MR) is 91.8 cm³/mol. The second kappa shape index (κ2) is 6.95. The minimum absolute atomic E-state index is 0.316. The number of tetrazole rings is 1. The standard InChI is InChI=1S/C17H19N5O5/c1-26-12-5-4-10(18-16(23)13-6-7-14(27-13)17(24)25)8-11(12)22-15(9-2-3-9)19-20-21-22/h4-5,8-9,13-14H,2-3,6-7H2,1H3,(H,18,23)(H,24,25)/t13-,14+/m0/s1. The van der Waals surface area contributed by atoms with E-state index in [1.807, 2.05) is 0 Å². The number of methoxy groups -OCH3 is 1. The molecule has 1 aliphatic carbocycles. The fourth-order valence-corrected chi connectivity index (χ4v) is 3.13. The van der Waals surface area contributed by atoms with Crippen molar-refractivity contribution in [2.45, 2.75) is 43.8 Å². The lowest BCUT2D eigenvalue weighted by molar-refractivity contribution is -0.150. The first-order chi connectivity index (χ1) is 13.1. The first-order valence-corrected chi connectivity index (χ1v) is 8.72. The van der Waals surface area contributed by atoms with E-state index in [1.165, 1.54) is 0 Å². The van der Waals surface area contributed by atoms with Gasteiger partial charge < -0.3 is 19.9 Å². The first-order valence-electron chi connectivity index (χ1n) is 8.72. The van der Waals surface area contributed by atoms with Gasteiger partial charge in [0.15, 0.2) is 11.9 Å². The van der Waals surface area contributed by atoms with E-state index in [-0.39, 0.29) is 5.91 Å². The number of amides is 1. The zero-order valence-corrected chi connectivity index (χ0v) is 14.7. The number of hydrogen-bond donors (Lipinski definition) is 2. The van der Waals surface area contributed by atoms with Crippen molar-refractivity contribution < 1.29 is 24.2 Å². The van der Waals surface area contributed by atoms with Crippen LogP contribution in [0.5, 0.6) is 5.75 Å². The molecule has 1 saturated carbocycles. The van der Waals surface area contributed by atoms with E-state index >= 15 is 0 Å². The average molecular weight is 373 g/mol. The number of carbonyl (C=O) groups is 2. The molecule has 1 saturated heterocycles. The van der Waals surface area contributed by atoms with Gasteiger partial charge in [-0.2, -0.15) is 4.68 Å². The lowest BCUT2D eigenvalue weighted by Gasteiger charge is -2.14. The summed E-state index contributed by atoms with van der Waals surface area (Å²) in [7, 11) is 1.55. The number of anilines is 1. The van der Waals surface area contributed by atoms with Gasteiger partial charge in [-0.15, -0.1) is 5.10 Å². The third-order valence-electron chi connectivity index (χ3n) is 4.70. The lowest BCUT2D eigenvalue weighted by atomic mass is 10.2. The number of hydrogen-bond acceptors (Lipinski definition) is 7. The van der Waals surface area contributed by atoms with Gasteiger partial charge in [0, 0.05) is 11.6 Å². The second-order valence-electron chi connectivity index (χ2n) is 6.63. The molecular formula is C17H19N5O5. The number of nitrogens with zero attached hydrogens (tertiary/aromatic N) is 4. The van der Waals surface area contributed by atoms with Crippen LogP contribution in [0.4, 0.5) is 5.69 Å². The van der Waals surface area contributed by atoms with Crippen LogP contribution in [0.2, 0.25) is 0 Å². The molecule has 2 N–H and O–H groups in total. The highest BCUT2D eigenvalue weighted by Gasteiger charge is 2.35. The van der Waals surface area contributed by atoms with Gasteiger partial charge in [0.05, 0.1) is 7.11 Å². The normalized spacial score (nSPS) is 21.8. The van der Waals surface area contributed by atoms with Gasteiger partial charge in [-0.3, -0.25) is 4.79 Å². The van der Waals surface area contributed by atoms with Crippen LogP contribution in [-0.2, 0) is 14.3 Å². The maximum Gasteiger partial charge on any atom is 0.332 e. The second-order valence-corrected chi connectivity index (χ2v) is 6.63. The molecule has 4 rings (SSSR count). The van der Waals surface area contributed by atoms with Crippen molar-refractivity contribution in [1.82, 2.24) is 20.2 Å². The lowest BCUT2D eigenvalue weighted by Crippen LogP contribution is -2.30. The van der Waals surface area contributed by atoms with E-state index in [0.29, 0.717) is 35.9 Å². The average Bonchev–Trinajstić information content (AvgIpc) is 3.19. The van der Waals surface area contributed by atoms with Crippen LogP contribution in [-0.4, -0.2) is 56.5 Å². The minimum Gasteiger partial charge on any atom is -0.494 e. The van der Waals surface area contributed by atoms with E-state index in [2.05, 4.69) is 20.8 Å². The molecular weight excluding hydrogens is 354 g/mol. The molecule has 1 amide bonds. The molecule has 2 aliphatic rings. The Bertz CT molecular complexity index is 878. The number of carboxylic acids is 1. The van der Waals surface area contributed by atoms with Crippen molar-refractivity contribution in [2.75, 3.05) is 12.4 Å². The smallest absolute Gasteiger partial charge is 0.332 e. The Labute approximate surface area is 154 Å². The largest absolute Gasteiger partial charge is 0.494 e. The Hall–Kier alpha value is -3.01. The quantitative estimate of drug-likeness (QED) is 0.771. The van der Waals surface area contributed by atoms with Gasteiger partial charge in [-0.1, -0.05) is 0 Å². The molecule has 0 bridgehead atoms. The molecule has 1 aliphatic heterocycles. The third-order valence-corrected chi connectivity index (χ3v) is 4.70. The Morgan fingerprint density at radius 1 is 1.26 bits per heavy atom. The Balaban J connectivity index is 1.55. The zero-order valence-electron chi connectivity index (χ0n) is 14.7. The summed E-state index contributed by atoms with van der Waals surface area (Å²) in [6, 6.07) is 5.15. The van der Waals surface area contributed by atoms with Crippen molar-refractivity contribution in [2.24, 2.45) is 0 Å². The molecule has 10 nitrogen and oxygen atoms in total. The summed E-state index contributed by atoms with van der Waals surface area (Å²) in [6.45, 7) is 0. The molecule has 0 radical (unpaired) electrons. The van der Waals surface area contributed by atoms with Crippen LogP contribution >= 0.6 is 0 Å². The molecule has 2 aromatic rings. The van der Waals surface area contributed by atoms with E-state index in [0.717, 1.165) is 18.7 Å². The maximum atomic E-state index is 12.4. The summed E-state index contributed by atoms with van der Waals surface area (Å²) >= 11 is 0. The van der Waals surface area contributed by atoms with E-state index in [1.54, 1.807) is 30.0 Å². The highest BCUT2D eigenvalue weighted by Crippen LogP contribution is 2.40. The fraction of sp³-hybridized carbons (Fsp3) is 0.471. The summed E-state index contributed by atoms with van der Waals surface area (Å²) < 4.78 is 12.3. The van der Waals surface area contributed by atoms with Crippen LogP contribution in [0.1, 0.15) is 37.4 Å². The minimum atomic E-state index is -1.05. The third kappa shape index (κ3) is 3.47. The van der Waals surface area contributed by atoms with Gasteiger partial charge in [0.1, 0.15) is 17.5 Å². The Kier molecular flexibility index (Phi) is 4.48. The molecule has 142 valence electrons.